The van der Waals surface area contributed by atoms with Crippen LogP contribution in [0.1, 0.15) is 46.0 Å². The summed E-state index contributed by atoms with van der Waals surface area (Å²) in [7, 11) is 0. The van der Waals surface area contributed by atoms with Crippen LogP contribution in [0.5, 0.6) is 0 Å². The number of ether oxygens (including phenoxy) is 1. The molecule has 1 saturated heterocycles. The van der Waals surface area contributed by atoms with Gasteiger partial charge in [0.2, 0.25) is 0 Å². The van der Waals surface area contributed by atoms with E-state index in [9.17, 15) is 5.11 Å². The molecule has 0 bridgehead atoms. The molecule has 0 saturated carbocycles. The van der Waals surface area contributed by atoms with E-state index in [1.807, 2.05) is 0 Å². The largest absolute Gasteiger partial charge is 0.395 e. The van der Waals surface area contributed by atoms with Crippen molar-refractivity contribution in [2.75, 3.05) is 39.4 Å². The van der Waals surface area contributed by atoms with Gasteiger partial charge in [0.1, 0.15) is 0 Å². The number of hydrogen-bond donors (Lipinski definition) is 2. The number of nitrogens with one attached hydrogen (secondary N) is 1. The van der Waals surface area contributed by atoms with Crippen LogP contribution in [-0.4, -0.2) is 61.5 Å². The topological polar surface area (TPSA) is 44.7 Å². The van der Waals surface area contributed by atoms with Gasteiger partial charge in [-0.15, -0.1) is 0 Å². The molecule has 1 rings (SSSR count). The zero-order valence-electron chi connectivity index (χ0n) is 12.7. The van der Waals surface area contributed by atoms with E-state index >= 15 is 0 Å². The fourth-order valence-corrected chi connectivity index (χ4v) is 2.58. The molecule has 0 aromatic carbocycles. The molecule has 0 aromatic heterocycles. The van der Waals surface area contributed by atoms with E-state index < -0.39 is 0 Å². The summed E-state index contributed by atoms with van der Waals surface area (Å²) in [5, 5.41) is 12.7. The van der Waals surface area contributed by atoms with Crippen molar-refractivity contribution in [2.45, 2.75) is 58.1 Å². The summed E-state index contributed by atoms with van der Waals surface area (Å²) in [6.45, 7) is 9.73. The Bertz CT molecular complexity index is 214. The van der Waals surface area contributed by atoms with E-state index in [1.165, 1.54) is 19.4 Å². The van der Waals surface area contributed by atoms with Gasteiger partial charge in [-0.05, 0) is 51.7 Å². The van der Waals surface area contributed by atoms with Gasteiger partial charge in [-0.25, -0.2) is 0 Å². The molecular formula is C15H32N2O2. The molecule has 1 heterocycles. The van der Waals surface area contributed by atoms with Gasteiger partial charge in [0.05, 0.1) is 12.7 Å². The smallest absolute Gasteiger partial charge is 0.0702 e. The van der Waals surface area contributed by atoms with Gasteiger partial charge in [0.25, 0.3) is 0 Å². The third kappa shape index (κ3) is 7.25. The van der Waals surface area contributed by atoms with E-state index in [4.69, 9.17) is 4.74 Å². The third-order valence-electron chi connectivity index (χ3n) is 3.72. The second kappa shape index (κ2) is 10.6. The average Bonchev–Trinajstić information content (AvgIpc) is 2.46. The maximum absolute atomic E-state index is 9.34. The molecule has 2 unspecified atom stereocenters. The van der Waals surface area contributed by atoms with Gasteiger partial charge < -0.3 is 20.1 Å². The van der Waals surface area contributed by atoms with Crippen molar-refractivity contribution < 1.29 is 9.84 Å². The molecule has 2 N–H and O–H groups in total. The van der Waals surface area contributed by atoms with Crippen LogP contribution in [-0.2, 0) is 4.74 Å². The van der Waals surface area contributed by atoms with Crippen molar-refractivity contribution in [3.63, 3.8) is 0 Å². The second-order valence-electron chi connectivity index (χ2n) is 5.56. The summed E-state index contributed by atoms with van der Waals surface area (Å²) < 4.78 is 5.85. The number of aliphatic hydroxyl groups is 1. The Morgan fingerprint density at radius 2 is 2.21 bits per heavy atom. The first-order valence-corrected chi connectivity index (χ1v) is 7.98. The highest BCUT2D eigenvalue weighted by molar-refractivity contribution is 4.75. The minimum atomic E-state index is 0.240. The van der Waals surface area contributed by atoms with Crippen LogP contribution in [0.3, 0.4) is 0 Å². The lowest BCUT2D eigenvalue weighted by molar-refractivity contribution is -0.00124. The lowest BCUT2D eigenvalue weighted by Gasteiger charge is -2.33. The lowest BCUT2D eigenvalue weighted by Crippen LogP contribution is -2.43. The molecule has 114 valence electrons. The Morgan fingerprint density at radius 3 is 2.89 bits per heavy atom. The Labute approximate surface area is 118 Å². The summed E-state index contributed by atoms with van der Waals surface area (Å²) in [4.78, 5) is 2.49. The molecule has 0 radical (unpaired) electrons. The van der Waals surface area contributed by atoms with Crippen LogP contribution < -0.4 is 5.32 Å². The van der Waals surface area contributed by atoms with E-state index in [0.717, 1.165) is 45.5 Å². The number of rotatable bonds is 10. The SMILES string of the molecule is CCCNC(CO)CCN1CCCC(OCCC)C1. The zero-order valence-corrected chi connectivity index (χ0v) is 12.7. The molecule has 1 aliphatic rings. The molecule has 1 fully saturated rings. The fourth-order valence-electron chi connectivity index (χ4n) is 2.58. The lowest BCUT2D eigenvalue weighted by atomic mass is 10.1. The fraction of sp³-hybridized carbons (Fsp3) is 1.00. The molecule has 1 aliphatic heterocycles. The second-order valence-corrected chi connectivity index (χ2v) is 5.56. The number of hydrogen-bond acceptors (Lipinski definition) is 4. The van der Waals surface area contributed by atoms with Crippen LogP contribution in [0, 0.1) is 0 Å². The summed E-state index contributed by atoms with van der Waals surface area (Å²) in [6, 6.07) is 0.247. The van der Waals surface area contributed by atoms with Crippen LogP contribution in [0.4, 0.5) is 0 Å². The van der Waals surface area contributed by atoms with Crippen molar-refractivity contribution in [3.05, 3.63) is 0 Å². The maximum Gasteiger partial charge on any atom is 0.0702 e. The number of piperidine rings is 1. The van der Waals surface area contributed by atoms with Crippen molar-refractivity contribution >= 4 is 0 Å². The molecule has 0 amide bonds. The number of likely N-dealkylation sites (tertiary alicyclic amines) is 1. The summed E-state index contributed by atoms with van der Waals surface area (Å²) in [6.07, 6.45) is 6.10. The van der Waals surface area contributed by atoms with E-state index in [1.54, 1.807) is 0 Å². The maximum atomic E-state index is 9.34. The first kappa shape index (κ1) is 16.9. The van der Waals surface area contributed by atoms with Crippen molar-refractivity contribution in [2.24, 2.45) is 0 Å². The van der Waals surface area contributed by atoms with Crippen molar-refractivity contribution in [3.8, 4) is 0 Å². The first-order valence-electron chi connectivity index (χ1n) is 7.98. The summed E-state index contributed by atoms with van der Waals surface area (Å²) in [5.41, 5.74) is 0. The molecule has 4 nitrogen and oxygen atoms in total. The van der Waals surface area contributed by atoms with Gasteiger partial charge in [-0.3, -0.25) is 0 Å². The van der Waals surface area contributed by atoms with Crippen LogP contribution in [0.2, 0.25) is 0 Å². The molecule has 0 spiro atoms. The third-order valence-corrected chi connectivity index (χ3v) is 3.72. The highest BCUT2D eigenvalue weighted by atomic mass is 16.5. The van der Waals surface area contributed by atoms with E-state index in [-0.39, 0.29) is 12.6 Å². The Morgan fingerprint density at radius 1 is 1.37 bits per heavy atom. The van der Waals surface area contributed by atoms with Crippen LogP contribution >= 0.6 is 0 Å². The normalized spacial score (nSPS) is 22.6. The predicted molar refractivity (Wildman–Crippen MR) is 79.5 cm³/mol. The van der Waals surface area contributed by atoms with Gasteiger partial charge in [0, 0.05) is 19.2 Å². The monoisotopic (exact) mass is 272 g/mol. The molecule has 2 atom stereocenters. The minimum absolute atomic E-state index is 0.240. The summed E-state index contributed by atoms with van der Waals surface area (Å²) >= 11 is 0. The minimum Gasteiger partial charge on any atom is -0.395 e. The Kier molecular flexibility index (Phi) is 9.43. The number of aliphatic hydroxyl groups excluding tert-OH is 1. The predicted octanol–water partition coefficient (Wildman–Crippen LogP) is 1.63. The standard InChI is InChI=1S/C15H32N2O2/c1-3-8-16-14(13-18)7-10-17-9-5-6-15(12-17)19-11-4-2/h14-16,18H,3-13H2,1-2H3. The highest BCUT2D eigenvalue weighted by Gasteiger charge is 2.20. The molecule has 0 aromatic rings. The molecule has 19 heavy (non-hydrogen) atoms. The molecule has 0 aliphatic carbocycles. The summed E-state index contributed by atoms with van der Waals surface area (Å²) in [5.74, 6) is 0. The van der Waals surface area contributed by atoms with Crippen LogP contribution in [0.25, 0.3) is 0 Å². The quantitative estimate of drug-likeness (QED) is 0.634. The van der Waals surface area contributed by atoms with Crippen molar-refractivity contribution in [1.29, 1.82) is 0 Å². The van der Waals surface area contributed by atoms with Gasteiger partial charge in [0.15, 0.2) is 0 Å². The first-order chi connectivity index (χ1) is 9.30. The van der Waals surface area contributed by atoms with Gasteiger partial charge in [-0.2, -0.15) is 0 Å². The highest BCUT2D eigenvalue weighted by Crippen LogP contribution is 2.14. The van der Waals surface area contributed by atoms with Crippen LogP contribution in [0.15, 0.2) is 0 Å². The average molecular weight is 272 g/mol. The number of nitrogens with zero attached hydrogens (tertiary/aromatic N) is 1. The molecular weight excluding hydrogens is 240 g/mol. The Balaban J connectivity index is 2.19. The van der Waals surface area contributed by atoms with E-state index in [2.05, 4.69) is 24.1 Å². The van der Waals surface area contributed by atoms with Crippen molar-refractivity contribution in [1.82, 2.24) is 10.2 Å². The van der Waals surface area contributed by atoms with Gasteiger partial charge in [-0.1, -0.05) is 13.8 Å². The molecule has 4 heteroatoms. The van der Waals surface area contributed by atoms with Gasteiger partial charge >= 0.3 is 0 Å². The van der Waals surface area contributed by atoms with E-state index in [0.29, 0.717) is 6.10 Å². The Hall–Kier alpha value is -0.160. The zero-order chi connectivity index (χ0) is 13.9.